The van der Waals surface area contributed by atoms with E-state index in [0.717, 1.165) is 5.69 Å². The van der Waals surface area contributed by atoms with Crippen LogP contribution in [-0.2, 0) is 21.7 Å². The lowest BCUT2D eigenvalue weighted by Crippen LogP contribution is -2.22. The van der Waals surface area contributed by atoms with Crippen molar-refractivity contribution in [3.8, 4) is 0 Å². The molecule has 170 valence electrons. The molecule has 0 saturated carbocycles. The maximum atomic E-state index is 13.0. The highest BCUT2D eigenvalue weighted by Gasteiger charge is 2.32. The van der Waals surface area contributed by atoms with Crippen molar-refractivity contribution in [2.75, 3.05) is 16.6 Å². The van der Waals surface area contributed by atoms with Crippen LogP contribution in [0.3, 0.4) is 0 Å². The topological polar surface area (TPSA) is 92.1 Å². The standard InChI is InChI=1S/C25H27N5O2S/c1-18-25(19(2)30(3)28-18)29-33(31,32)22-14-15-24(26-16-22)27-17-23(20-10-6-4-7-11-20)21-12-8-5-9-13-21/h4-16,23H,17H2,1-3H3,(H2-,26,27,29,31,32)/p+1. The Kier molecular flexibility index (Phi) is 6.57. The average Bonchev–Trinajstić information content (AvgIpc) is 3.06. The molecule has 0 aliphatic rings. The number of nitrogens with zero attached hydrogens (tertiary/aromatic N) is 3. The lowest BCUT2D eigenvalue weighted by molar-refractivity contribution is 0.502. The van der Waals surface area contributed by atoms with E-state index in [0.29, 0.717) is 23.7 Å². The van der Waals surface area contributed by atoms with Gasteiger partial charge < -0.3 is 5.32 Å². The second kappa shape index (κ2) is 9.56. The molecule has 7 nitrogen and oxygen atoms in total. The Balaban J connectivity index is 1.49. The van der Waals surface area contributed by atoms with E-state index in [9.17, 15) is 8.76 Å². The Morgan fingerprint density at radius 1 is 0.970 bits per heavy atom. The molecule has 0 saturated heterocycles. The molecule has 0 aliphatic heterocycles. The Labute approximate surface area is 195 Å². The van der Waals surface area contributed by atoms with Crippen LogP contribution in [0.1, 0.15) is 28.4 Å². The minimum absolute atomic E-state index is 0.147. The Morgan fingerprint density at radius 3 is 2.06 bits per heavy atom. The summed E-state index contributed by atoms with van der Waals surface area (Å²) in [6.07, 6.45) is 1.43. The highest BCUT2D eigenvalue weighted by Crippen LogP contribution is 2.27. The van der Waals surface area contributed by atoms with Crippen LogP contribution in [0.2, 0.25) is 0 Å². The number of pyridine rings is 1. The monoisotopic (exact) mass is 462 g/mol. The summed E-state index contributed by atoms with van der Waals surface area (Å²) in [5.74, 6) is 0.786. The molecule has 0 amide bonds. The van der Waals surface area contributed by atoms with Crippen molar-refractivity contribution < 1.29 is 8.76 Å². The van der Waals surface area contributed by atoms with E-state index in [2.05, 4.69) is 44.4 Å². The Bertz CT molecular complexity index is 1220. The second-order valence-corrected chi connectivity index (χ2v) is 9.66. The van der Waals surface area contributed by atoms with Crippen molar-refractivity contribution in [2.24, 2.45) is 7.05 Å². The summed E-state index contributed by atoms with van der Waals surface area (Å²) >= 11 is 0. The zero-order valence-corrected chi connectivity index (χ0v) is 19.7. The predicted octanol–water partition coefficient (Wildman–Crippen LogP) is 5.03. The van der Waals surface area contributed by atoms with Crippen molar-refractivity contribution in [3.05, 3.63) is 102 Å². The first-order chi connectivity index (χ1) is 15.8. The molecule has 33 heavy (non-hydrogen) atoms. The molecule has 3 N–H and O–H groups in total. The van der Waals surface area contributed by atoms with Crippen molar-refractivity contribution in [1.29, 1.82) is 0 Å². The molecule has 4 rings (SSSR count). The highest BCUT2D eigenvalue weighted by atomic mass is 32.3. The van der Waals surface area contributed by atoms with E-state index in [1.807, 2.05) is 43.3 Å². The van der Waals surface area contributed by atoms with Crippen molar-refractivity contribution >= 4 is 21.9 Å². The van der Waals surface area contributed by atoms with E-state index >= 15 is 0 Å². The SMILES string of the molecule is Cc1nn(C)c(C)c1N[S+](=O)(O)c1ccc(NCC(c2ccccc2)c2ccccc2)nc1. The van der Waals surface area contributed by atoms with Crippen LogP contribution in [0.25, 0.3) is 0 Å². The molecule has 0 radical (unpaired) electrons. The van der Waals surface area contributed by atoms with Crippen LogP contribution < -0.4 is 10.0 Å². The van der Waals surface area contributed by atoms with Gasteiger partial charge in [0.25, 0.3) is 0 Å². The zero-order valence-electron chi connectivity index (χ0n) is 18.9. The summed E-state index contributed by atoms with van der Waals surface area (Å²) in [7, 11) is -1.72. The maximum Gasteiger partial charge on any atom is 0.347 e. The molecule has 0 bridgehead atoms. The maximum absolute atomic E-state index is 13.0. The minimum atomic E-state index is -3.52. The molecular formula is C25H28N5O2S+. The van der Waals surface area contributed by atoms with E-state index in [4.69, 9.17) is 0 Å². The van der Waals surface area contributed by atoms with E-state index in [-0.39, 0.29) is 10.8 Å². The molecular weight excluding hydrogens is 434 g/mol. The van der Waals surface area contributed by atoms with Gasteiger partial charge in [-0.3, -0.25) is 4.68 Å². The summed E-state index contributed by atoms with van der Waals surface area (Å²) in [5.41, 5.74) is 4.42. The van der Waals surface area contributed by atoms with Gasteiger partial charge in [-0.1, -0.05) is 60.7 Å². The van der Waals surface area contributed by atoms with Crippen molar-refractivity contribution in [3.63, 3.8) is 0 Å². The molecule has 1 unspecified atom stereocenters. The summed E-state index contributed by atoms with van der Waals surface area (Å²) in [6.45, 7) is 4.28. The molecule has 0 spiro atoms. The molecule has 2 aromatic heterocycles. The van der Waals surface area contributed by atoms with Crippen LogP contribution >= 0.6 is 0 Å². The fourth-order valence-electron chi connectivity index (χ4n) is 3.77. The normalized spacial score (nSPS) is 13.0. The molecule has 1 atom stereocenters. The highest BCUT2D eigenvalue weighted by molar-refractivity contribution is 7.99. The third kappa shape index (κ3) is 5.13. The molecule has 0 aliphatic carbocycles. The van der Waals surface area contributed by atoms with Gasteiger partial charge in [0.1, 0.15) is 11.5 Å². The number of rotatable bonds is 8. The summed E-state index contributed by atoms with van der Waals surface area (Å²) in [4.78, 5) is 4.59. The fourth-order valence-corrected chi connectivity index (χ4v) is 4.91. The Morgan fingerprint density at radius 2 is 1.58 bits per heavy atom. The van der Waals surface area contributed by atoms with Crippen LogP contribution in [-0.4, -0.2) is 25.9 Å². The lowest BCUT2D eigenvalue weighted by atomic mass is 9.91. The smallest absolute Gasteiger partial charge is 0.347 e. The van der Waals surface area contributed by atoms with Crippen LogP contribution in [0.5, 0.6) is 0 Å². The van der Waals surface area contributed by atoms with Gasteiger partial charge in [0, 0.05) is 25.6 Å². The number of aromatic nitrogens is 3. The van der Waals surface area contributed by atoms with Gasteiger partial charge in [-0.05, 0) is 35.2 Å². The van der Waals surface area contributed by atoms with Gasteiger partial charge >= 0.3 is 10.4 Å². The lowest BCUT2D eigenvalue weighted by Gasteiger charge is -2.19. The molecule has 2 aromatic carbocycles. The number of hydrogen-bond donors (Lipinski definition) is 3. The molecule has 2 heterocycles. The first kappa shape index (κ1) is 22.7. The van der Waals surface area contributed by atoms with Crippen LogP contribution in [0.4, 0.5) is 11.5 Å². The molecule has 8 heteroatoms. The van der Waals surface area contributed by atoms with E-state index < -0.39 is 10.4 Å². The van der Waals surface area contributed by atoms with Crippen LogP contribution in [0, 0.1) is 13.8 Å². The predicted molar refractivity (Wildman–Crippen MR) is 133 cm³/mol. The number of anilines is 2. The van der Waals surface area contributed by atoms with Gasteiger partial charge in [0.05, 0.1) is 17.6 Å². The first-order valence-corrected chi connectivity index (χ1v) is 12.2. The van der Waals surface area contributed by atoms with E-state index in [1.54, 1.807) is 30.8 Å². The Hall–Kier alpha value is -3.49. The quantitative estimate of drug-likeness (QED) is 0.319. The van der Waals surface area contributed by atoms with Crippen LogP contribution in [0.15, 0.2) is 83.9 Å². The van der Waals surface area contributed by atoms with Gasteiger partial charge in [0.2, 0.25) is 4.90 Å². The second-order valence-electron chi connectivity index (χ2n) is 7.93. The van der Waals surface area contributed by atoms with Crippen molar-refractivity contribution in [1.82, 2.24) is 14.8 Å². The van der Waals surface area contributed by atoms with Crippen molar-refractivity contribution in [2.45, 2.75) is 24.7 Å². The summed E-state index contributed by atoms with van der Waals surface area (Å²) < 4.78 is 28.0. The van der Waals surface area contributed by atoms with Gasteiger partial charge in [-0.2, -0.15) is 14.4 Å². The van der Waals surface area contributed by atoms with Gasteiger partial charge in [-0.25, -0.2) is 4.98 Å². The number of benzene rings is 2. The third-order valence-electron chi connectivity index (χ3n) is 5.70. The summed E-state index contributed by atoms with van der Waals surface area (Å²) in [6, 6.07) is 24.0. The largest absolute Gasteiger partial charge is 0.369 e. The average molecular weight is 463 g/mol. The minimum Gasteiger partial charge on any atom is -0.369 e. The number of hydrogen-bond acceptors (Lipinski definition) is 4. The summed E-state index contributed by atoms with van der Waals surface area (Å²) in [5, 5.41) is 7.66. The fraction of sp³-hybridized carbons (Fsp3) is 0.200. The number of nitrogens with one attached hydrogen (secondary N) is 2. The van der Waals surface area contributed by atoms with Gasteiger partial charge in [0.15, 0.2) is 0 Å². The number of aryl methyl sites for hydroxylation is 2. The van der Waals surface area contributed by atoms with Gasteiger partial charge in [-0.15, -0.1) is 0 Å². The first-order valence-electron chi connectivity index (χ1n) is 10.7. The molecule has 0 fully saturated rings. The molecule has 4 aromatic rings. The third-order valence-corrected chi connectivity index (χ3v) is 7.06. The zero-order chi connectivity index (χ0) is 23.4. The van der Waals surface area contributed by atoms with E-state index in [1.165, 1.54) is 17.3 Å².